The standard InChI is InChI=1S/C64H41N5/c1-4-19-42(20-5-1)43-35-37-44(38-36-43)61-65-62(67-63(66-61)69-58-33-16-11-28-50(58)51-29-12-17-34-59(51)69)45-21-18-26-48(39-45)68-57-32-15-13-30-52(57)54-40-53-49-27-10-14-31-55(49)64(56(53)41-60(54)68,46-22-6-2-7-23-46)47-24-8-3-9-25-47/h1-41H. The van der Waals surface area contributed by atoms with E-state index in [0.717, 1.165) is 60.8 Å². The highest BCUT2D eigenvalue weighted by molar-refractivity contribution is 6.12. The van der Waals surface area contributed by atoms with Crippen molar-refractivity contribution in [3.8, 4) is 56.7 Å². The lowest BCUT2D eigenvalue weighted by molar-refractivity contribution is 0.769. The predicted octanol–water partition coefficient (Wildman–Crippen LogP) is 15.4. The topological polar surface area (TPSA) is 48.5 Å². The minimum absolute atomic E-state index is 0.532. The molecule has 0 spiro atoms. The van der Waals surface area contributed by atoms with Crippen molar-refractivity contribution in [3.05, 3.63) is 271 Å². The maximum absolute atomic E-state index is 5.37. The van der Waals surface area contributed by atoms with Gasteiger partial charge in [0.05, 0.1) is 27.5 Å². The van der Waals surface area contributed by atoms with E-state index in [-0.39, 0.29) is 0 Å². The van der Waals surface area contributed by atoms with Crippen molar-refractivity contribution in [1.82, 2.24) is 24.1 Å². The van der Waals surface area contributed by atoms with Gasteiger partial charge in [-0.2, -0.15) is 9.97 Å². The van der Waals surface area contributed by atoms with Crippen LogP contribution in [0, 0.1) is 0 Å². The van der Waals surface area contributed by atoms with E-state index in [1.807, 2.05) is 6.07 Å². The average molecular weight is 880 g/mol. The van der Waals surface area contributed by atoms with Gasteiger partial charge in [-0.05, 0) is 87.0 Å². The van der Waals surface area contributed by atoms with Gasteiger partial charge in [-0.1, -0.05) is 206 Å². The fraction of sp³-hybridized carbons (Fsp3) is 0.0156. The Labute approximate surface area is 398 Å². The first kappa shape index (κ1) is 39.0. The summed E-state index contributed by atoms with van der Waals surface area (Å²) in [5.74, 6) is 1.76. The molecule has 1 aliphatic carbocycles. The summed E-state index contributed by atoms with van der Waals surface area (Å²) in [6, 6.07) is 89.4. The van der Waals surface area contributed by atoms with Crippen LogP contribution in [0.5, 0.6) is 0 Å². The van der Waals surface area contributed by atoms with Crippen LogP contribution in [0.25, 0.3) is 100 Å². The van der Waals surface area contributed by atoms with Crippen molar-refractivity contribution in [2.45, 2.75) is 5.41 Å². The molecule has 5 heteroatoms. The SMILES string of the molecule is c1ccc(-c2ccc(-c3nc(-c4cccc(-n5c6ccccc6c6cc7c(cc65)C(c5ccccc5)(c5ccccc5)c5ccccc5-7)c4)nc(-n4c5ccccc5c5ccccc54)n3)cc2)cc1. The van der Waals surface area contributed by atoms with Crippen LogP contribution < -0.4 is 0 Å². The van der Waals surface area contributed by atoms with Crippen molar-refractivity contribution in [1.29, 1.82) is 0 Å². The van der Waals surface area contributed by atoms with Crippen molar-refractivity contribution < 1.29 is 0 Å². The van der Waals surface area contributed by atoms with Gasteiger partial charge in [0, 0.05) is 38.4 Å². The van der Waals surface area contributed by atoms with E-state index in [0.29, 0.717) is 17.6 Å². The highest BCUT2D eigenvalue weighted by atomic mass is 15.2. The minimum Gasteiger partial charge on any atom is -0.309 e. The largest absolute Gasteiger partial charge is 0.309 e. The summed E-state index contributed by atoms with van der Waals surface area (Å²) < 4.78 is 4.61. The van der Waals surface area contributed by atoms with Crippen LogP contribution in [-0.4, -0.2) is 24.1 Å². The van der Waals surface area contributed by atoms with Crippen LogP contribution in [0.1, 0.15) is 22.3 Å². The second-order valence-electron chi connectivity index (χ2n) is 17.9. The number of aromatic nitrogens is 5. The number of rotatable bonds is 7. The zero-order chi connectivity index (χ0) is 45.5. The molecule has 0 saturated carbocycles. The Morgan fingerprint density at radius 1 is 0.290 bits per heavy atom. The lowest BCUT2D eigenvalue weighted by atomic mass is 9.67. The molecule has 14 rings (SSSR count). The number of fused-ring (bicyclic) bond motifs is 9. The lowest BCUT2D eigenvalue weighted by Crippen LogP contribution is -2.28. The van der Waals surface area contributed by atoms with E-state index in [9.17, 15) is 0 Å². The Hall–Kier alpha value is -9.19. The molecule has 0 fully saturated rings. The van der Waals surface area contributed by atoms with Crippen molar-refractivity contribution in [2.75, 3.05) is 0 Å². The molecule has 0 saturated heterocycles. The molecular formula is C64H41N5. The Bertz CT molecular complexity index is 4020. The van der Waals surface area contributed by atoms with Gasteiger partial charge >= 0.3 is 0 Å². The summed E-state index contributed by atoms with van der Waals surface area (Å²) in [5, 5.41) is 4.70. The summed E-state index contributed by atoms with van der Waals surface area (Å²) in [6.45, 7) is 0. The van der Waals surface area contributed by atoms with Gasteiger partial charge in [0.15, 0.2) is 11.6 Å². The van der Waals surface area contributed by atoms with E-state index in [1.165, 1.54) is 44.2 Å². The number of nitrogens with zero attached hydrogens (tertiary/aromatic N) is 5. The van der Waals surface area contributed by atoms with Gasteiger partial charge < -0.3 is 4.57 Å². The highest BCUT2D eigenvalue weighted by Gasteiger charge is 2.46. The van der Waals surface area contributed by atoms with Gasteiger partial charge in [0.1, 0.15) is 0 Å². The molecule has 0 radical (unpaired) electrons. The zero-order valence-electron chi connectivity index (χ0n) is 37.4. The van der Waals surface area contributed by atoms with Crippen LogP contribution >= 0.6 is 0 Å². The normalized spacial score (nSPS) is 12.8. The van der Waals surface area contributed by atoms with E-state index in [1.54, 1.807) is 0 Å². The van der Waals surface area contributed by atoms with E-state index in [4.69, 9.17) is 15.0 Å². The van der Waals surface area contributed by atoms with Crippen LogP contribution in [0.2, 0.25) is 0 Å². The van der Waals surface area contributed by atoms with Crippen LogP contribution in [-0.2, 0) is 5.41 Å². The fourth-order valence-corrected chi connectivity index (χ4v) is 11.3. The molecule has 10 aromatic carbocycles. The number of hydrogen-bond donors (Lipinski definition) is 0. The smallest absolute Gasteiger partial charge is 0.238 e. The van der Waals surface area contributed by atoms with Crippen LogP contribution in [0.3, 0.4) is 0 Å². The van der Waals surface area contributed by atoms with E-state index >= 15 is 0 Å². The summed E-state index contributed by atoms with van der Waals surface area (Å²) in [7, 11) is 0. The molecule has 0 amide bonds. The molecule has 1 aliphatic rings. The second-order valence-corrected chi connectivity index (χ2v) is 17.9. The number of para-hydroxylation sites is 3. The van der Waals surface area contributed by atoms with Crippen LogP contribution in [0.15, 0.2) is 249 Å². The molecule has 3 aromatic heterocycles. The van der Waals surface area contributed by atoms with Gasteiger partial charge in [0.2, 0.25) is 5.95 Å². The van der Waals surface area contributed by atoms with Crippen molar-refractivity contribution >= 4 is 43.6 Å². The van der Waals surface area contributed by atoms with Crippen molar-refractivity contribution in [2.24, 2.45) is 0 Å². The Morgan fingerprint density at radius 3 is 1.43 bits per heavy atom. The van der Waals surface area contributed by atoms with E-state index < -0.39 is 5.41 Å². The summed E-state index contributed by atoms with van der Waals surface area (Å²) in [6.07, 6.45) is 0. The first-order chi connectivity index (χ1) is 34.2. The van der Waals surface area contributed by atoms with Crippen LogP contribution in [0.4, 0.5) is 0 Å². The summed E-state index contributed by atoms with van der Waals surface area (Å²) in [4.78, 5) is 16.0. The average Bonchev–Trinajstić information content (AvgIpc) is 4.05. The minimum atomic E-state index is -0.532. The third-order valence-electron chi connectivity index (χ3n) is 14.3. The quantitative estimate of drug-likeness (QED) is 0.160. The van der Waals surface area contributed by atoms with Crippen molar-refractivity contribution in [3.63, 3.8) is 0 Å². The maximum atomic E-state index is 5.37. The lowest BCUT2D eigenvalue weighted by Gasteiger charge is -2.34. The molecule has 0 unspecified atom stereocenters. The molecule has 0 N–H and O–H groups in total. The third kappa shape index (κ3) is 5.94. The molecular weight excluding hydrogens is 839 g/mol. The monoisotopic (exact) mass is 879 g/mol. The molecule has 5 nitrogen and oxygen atoms in total. The molecule has 3 heterocycles. The molecule has 13 aromatic rings. The fourth-order valence-electron chi connectivity index (χ4n) is 11.3. The first-order valence-corrected chi connectivity index (χ1v) is 23.5. The summed E-state index contributed by atoms with van der Waals surface area (Å²) >= 11 is 0. The highest BCUT2D eigenvalue weighted by Crippen LogP contribution is 2.57. The Morgan fingerprint density at radius 2 is 0.783 bits per heavy atom. The van der Waals surface area contributed by atoms with Gasteiger partial charge in [0.25, 0.3) is 0 Å². The summed E-state index contributed by atoms with van der Waals surface area (Å²) in [5.41, 5.74) is 16.5. The molecule has 322 valence electrons. The Balaban J connectivity index is 0.995. The molecule has 0 bridgehead atoms. The molecule has 0 aliphatic heterocycles. The number of hydrogen-bond acceptors (Lipinski definition) is 3. The number of benzene rings is 10. The van der Waals surface area contributed by atoms with E-state index in [2.05, 4.69) is 252 Å². The molecule has 0 atom stereocenters. The predicted molar refractivity (Wildman–Crippen MR) is 282 cm³/mol. The van der Waals surface area contributed by atoms with Gasteiger partial charge in [-0.25, -0.2) is 4.98 Å². The first-order valence-electron chi connectivity index (χ1n) is 23.5. The van der Waals surface area contributed by atoms with Gasteiger partial charge in [-0.3, -0.25) is 4.57 Å². The maximum Gasteiger partial charge on any atom is 0.238 e. The third-order valence-corrected chi connectivity index (χ3v) is 14.3. The second kappa shape index (κ2) is 15.4. The Kier molecular flexibility index (Phi) is 8.73. The van der Waals surface area contributed by atoms with Gasteiger partial charge in [-0.15, -0.1) is 0 Å². The zero-order valence-corrected chi connectivity index (χ0v) is 37.4. The molecule has 69 heavy (non-hydrogen) atoms.